The molecule has 0 fully saturated rings. The minimum atomic E-state index is -4.55. The van der Waals surface area contributed by atoms with Crippen molar-refractivity contribution in [2.75, 3.05) is 5.32 Å². The summed E-state index contributed by atoms with van der Waals surface area (Å²) in [6.45, 7) is 1.79. The summed E-state index contributed by atoms with van der Waals surface area (Å²) in [5.74, 6) is -0.0968. The van der Waals surface area contributed by atoms with Gasteiger partial charge in [0.25, 0.3) is 5.91 Å². The Morgan fingerprint density at radius 3 is 2.63 bits per heavy atom. The first-order chi connectivity index (χ1) is 14.2. The highest BCUT2D eigenvalue weighted by Crippen LogP contribution is 2.44. The first-order valence-corrected chi connectivity index (χ1v) is 9.22. The molecule has 1 aliphatic heterocycles. The van der Waals surface area contributed by atoms with Crippen LogP contribution < -0.4 is 10.6 Å². The molecule has 2 atom stereocenters. The van der Waals surface area contributed by atoms with Gasteiger partial charge in [-0.25, -0.2) is 9.07 Å². The molecule has 2 aromatic heterocycles. The number of furan rings is 1. The van der Waals surface area contributed by atoms with E-state index < -0.39 is 30.0 Å². The van der Waals surface area contributed by atoms with Crippen molar-refractivity contribution in [3.8, 4) is 0 Å². The Morgan fingerprint density at radius 2 is 2.00 bits per heavy atom. The number of nitrogens with one attached hydrogen (secondary N) is 2. The van der Waals surface area contributed by atoms with Crippen LogP contribution in [0.15, 0.2) is 47.0 Å². The molecule has 30 heavy (non-hydrogen) atoms. The Bertz CT molecular complexity index is 1060. The SMILES string of the molecule is Cc1ccc([C@H]2C[C@@H](C(F)(F)F)n3ncc(C(=O)NCc4ccc(F)cc4)c3N2)o1. The molecule has 0 unspecified atom stereocenters. The zero-order valence-electron chi connectivity index (χ0n) is 15.8. The average molecular weight is 422 g/mol. The smallest absolute Gasteiger partial charge is 0.410 e. The van der Waals surface area contributed by atoms with Crippen LogP contribution in [0.2, 0.25) is 0 Å². The van der Waals surface area contributed by atoms with Gasteiger partial charge >= 0.3 is 6.18 Å². The van der Waals surface area contributed by atoms with E-state index in [2.05, 4.69) is 15.7 Å². The van der Waals surface area contributed by atoms with E-state index in [1.165, 1.54) is 24.3 Å². The lowest BCUT2D eigenvalue weighted by Crippen LogP contribution is -2.36. The van der Waals surface area contributed by atoms with E-state index in [4.69, 9.17) is 4.42 Å². The van der Waals surface area contributed by atoms with Gasteiger partial charge in [-0.3, -0.25) is 4.79 Å². The van der Waals surface area contributed by atoms with Gasteiger partial charge in [0, 0.05) is 13.0 Å². The van der Waals surface area contributed by atoms with Gasteiger partial charge < -0.3 is 15.1 Å². The molecule has 2 N–H and O–H groups in total. The van der Waals surface area contributed by atoms with Crippen LogP contribution in [0.3, 0.4) is 0 Å². The molecule has 0 saturated heterocycles. The van der Waals surface area contributed by atoms with Crippen LogP contribution in [0.25, 0.3) is 0 Å². The molecule has 4 rings (SSSR count). The zero-order chi connectivity index (χ0) is 21.5. The summed E-state index contributed by atoms with van der Waals surface area (Å²) in [5.41, 5.74) is 0.634. The lowest BCUT2D eigenvalue weighted by molar-refractivity contribution is -0.174. The van der Waals surface area contributed by atoms with Crippen LogP contribution >= 0.6 is 0 Å². The Morgan fingerprint density at radius 1 is 1.27 bits per heavy atom. The number of aryl methyl sites for hydroxylation is 1. The maximum absolute atomic E-state index is 13.7. The summed E-state index contributed by atoms with van der Waals surface area (Å²) in [4.78, 5) is 12.6. The largest absolute Gasteiger partial charge is 0.464 e. The molecule has 0 aliphatic carbocycles. The van der Waals surface area contributed by atoms with Crippen molar-refractivity contribution >= 4 is 11.7 Å². The fourth-order valence-electron chi connectivity index (χ4n) is 3.44. The third-order valence-corrected chi connectivity index (χ3v) is 4.95. The van der Waals surface area contributed by atoms with E-state index in [-0.39, 0.29) is 24.3 Å². The molecule has 0 bridgehead atoms. The third-order valence-electron chi connectivity index (χ3n) is 4.95. The Kier molecular flexibility index (Phi) is 5.00. The molecule has 1 aromatic carbocycles. The van der Waals surface area contributed by atoms with E-state index >= 15 is 0 Å². The standard InChI is InChI=1S/C20H18F4N4O2/c1-11-2-7-16(30-11)15-8-17(20(22,23)24)28-18(27-15)14(10-26-28)19(29)25-9-12-3-5-13(21)6-4-12/h2-7,10,15,17,27H,8-9H2,1H3,(H,25,29)/t15-,17+/m1/s1. The monoisotopic (exact) mass is 422 g/mol. The van der Waals surface area contributed by atoms with Gasteiger partial charge in [-0.1, -0.05) is 12.1 Å². The van der Waals surface area contributed by atoms with Crippen LogP contribution in [-0.2, 0) is 6.54 Å². The molecular formula is C20H18F4N4O2. The van der Waals surface area contributed by atoms with E-state index in [1.807, 2.05) is 0 Å². The van der Waals surface area contributed by atoms with Gasteiger partial charge in [-0.05, 0) is 36.8 Å². The molecule has 0 spiro atoms. The van der Waals surface area contributed by atoms with Crippen LogP contribution in [0.5, 0.6) is 0 Å². The number of alkyl halides is 3. The van der Waals surface area contributed by atoms with Gasteiger partial charge in [0.1, 0.15) is 28.7 Å². The molecule has 1 amide bonds. The number of hydrogen-bond donors (Lipinski definition) is 2. The van der Waals surface area contributed by atoms with Crippen molar-refractivity contribution in [2.45, 2.75) is 38.1 Å². The van der Waals surface area contributed by atoms with E-state index in [0.29, 0.717) is 17.1 Å². The number of carbonyl (C=O) groups is 1. The number of nitrogens with zero attached hydrogens (tertiary/aromatic N) is 2. The van der Waals surface area contributed by atoms with Crippen molar-refractivity contribution in [1.29, 1.82) is 0 Å². The second kappa shape index (κ2) is 7.51. The summed E-state index contributed by atoms with van der Waals surface area (Å²) in [6, 6.07) is 6.15. The highest BCUT2D eigenvalue weighted by molar-refractivity contribution is 5.98. The number of halogens is 4. The summed E-state index contributed by atoms with van der Waals surface area (Å²) in [5, 5.41) is 9.40. The Labute approximate surface area is 168 Å². The summed E-state index contributed by atoms with van der Waals surface area (Å²) in [7, 11) is 0. The number of aromatic nitrogens is 2. The number of amides is 1. The lowest BCUT2D eigenvalue weighted by atomic mass is 10.0. The predicted octanol–water partition coefficient (Wildman–Crippen LogP) is 4.51. The number of carbonyl (C=O) groups excluding carboxylic acids is 1. The zero-order valence-corrected chi connectivity index (χ0v) is 15.8. The quantitative estimate of drug-likeness (QED) is 0.607. The number of anilines is 1. The van der Waals surface area contributed by atoms with E-state index in [9.17, 15) is 22.4 Å². The fraction of sp³-hybridized carbons (Fsp3) is 0.300. The van der Waals surface area contributed by atoms with Crippen molar-refractivity contribution in [1.82, 2.24) is 15.1 Å². The molecule has 0 radical (unpaired) electrons. The Hall–Kier alpha value is -3.30. The highest BCUT2D eigenvalue weighted by Gasteiger charge is 2.47. The molecule has 6 nitrogen and oxygen atoms in total. The molecular weight excluding hydrogens is 404 g/mol. The minimum Gasteiger partial charge on any atom is -0.464 e. The molecule has 3 aromatic rings. The van der Waals surface area contributed by atoms with E-state index in [0.717, 1.165) is 10.9 Å². The molecule has 0 saturated carbocycles. The second-order valence-corrected chi connectivity index (χ2v) is 7.10. The summed E-state index contributed by atoms with van der Waals surface area (Å²) < 4.78 is 60.3. The maximum atomic E-state index is 13.7. The predicted molar refractivity (Wildman–Crippen MR) is 99.3 cm³/mol. The van der Waals surface area contributed by atoms with Crippen molar-refractivity contribution in [2.24, 2.45) is 0 Å². The normalized spacial score (nSPS) is 18.6. The first kappa shape index (κ1) is 20.0. The average Bonchev–Trinajstić information content (AvgIpc) is 3.32. The van der Waals surface area contributed by atoms with Gasteiger partial charge in [-0.15, -0.1) is 0 Å². The number of fused-ring (bicyclic) bond motifs is 1. The van der Waals surface area contributed by atoms with Crippen LogP contribution in [0, 0.1) is 12.7 Å². The molecule has 158 valence electrons. The van der Waals surface area contributed by atoms with Gasteiger partial charge in [-0.2, -0.15) is 18.3 Å². The number of rotatable bonds is 4. The number of hydrogen-bond acceptors (Lipinski definition) is 4. The molecule has 3 heterocycles. The highest BCUT2D eigenvalue weighted by atomic mass is 19.4. The van der Waals surface area contributed by atoms with Crippen molar-refractivity contribution in [3.05, 3.63) is 71.1 Å². The van der Waals surface area contributed by atoms with Crippen LogP contribution in [0.1, 0.15) is 45.9 Å². The number of benzene rings is 1. The minimum absolute atomic E-state index is 0.0145. The van der Waals surface area contributed by atoms with E-state index in [1.54, 1.807) is 19.1 Å². The topological polar surface area (TPSA) is 72.1 Å². The van der Waals surface area contributed by atoms with Crippen molar-refractivity contribution < 1.29 is 26.8 Å². The first-order valence-electron chi connectivity index (χ1n) is 9.22. The van der Waals surface area contributed by atoms with Crippen LogP contribution in [-0.4, -0.2) is 21.9 Å². The molecule has 10 heteroatoms. The summed E-state index contributed by atoms with van der Waals surface area (Å²) >= 11 is 0. The summed E-state index contributed by atoms with van der Waals surface area (Å²) in [6.07, 6.45) is -3.76. The third kappa shape index (κ3) is 3.89. The Balaban J connectivity index is 1.60. The van der Waals surface area contributed by atoms with Gasteiger partial charge in [0.2, 0.25) is 0 Å². The maximum Gasteiger partial charge on any atom is 0.410 e. The van der Waals surface area contributed by atoms with Gasteiger partial charge in [0.05, 0.1) is 12.2 Å². The van der Waals surface area contributed by atoms with Crippen LogP contribution in [0.4, 0.5) is 23.4 Å². The van der Waals surface area contributed by atoms with Gasteiger partial charge in [0.15, 0.2) is 6.04 Å². The second-order valence-electron chi connectivity index (χ2n) is 7.10. The fourth-order valence-corrected chi connectivity index (χ4v) is 3.44. The lowest BCUT2D eigenvalue weighted by Gasteiger charge is -2.32. The molecule has 1 aliphatic rings. The van der Waals surface area contributed by atoms with Crippen molar-refractivity contribution in [3.63, 3.8) is 0 Å².